The summed E-state index contributed by atoms with van der Waals surface area (Å²) in [5.41, 5.74) is 7.71. The molecule has 0 amide bonds. The number of nitrogens with zero attached hydrogens (tertiary/aromatic N) is 6. The first kappa shape index (κ1) is 24.2. The van der Waals surface area contributed by atoms with E-state index in [0.29, 0.717) is 12.5 Å². The van der Waals surface area contributed by atoms with E-state index in [2.05, 4.69) is 65.7 Å². The molecular weight excluding hydrogens is 482 g/mol. The summed E-state index contributed by atoms with van der Waals surface area (Å²) in [6, 6.07) is 0.264. The number of hydrogen-bond donors (Lipinski definition) is 1. The lowest BCUT2D eigenvalue weighted by atomic mass is 9.96. The van der Waals surface area contributed by atoms with E-state index in [0.717, 1.165) is 57.6 Å². The Hall–Kier alpha value is -2.50. The van der Waals surface area contributed by atoms with Crippen molar-refractivity contribution < 1.29 is 8.42 Å². The second kappa shape index (κ2) is 8.86. The summed E-state index contributed by atoms with van der Waals surface area (Å²) in [6.07, 6.45) is 4.96. The van der Waals surface area contributed by atoms with Gasteiger partial charge in [-0.25, -0.2) is 22.9 Å². The summed E-state index contributed by atoms with van der Waals surface area (Å²) in [6.45, 7) is 14.0. The fourth-order valence-electron chi connectivity index (χ4n) is 5.04. The summed E-state index contributed by atoms with van der Waals surface area (Å²) >= 11 is 1.70. The first-order valence-corrected chi connectivity index (χ1v) is 14.9. The SMILES string of the molecule is Cc1c(-c2[nH]c3sc(N4CCN(CCS(C)(=O)=O)CC4C)nc3c2C(C)C)cn2ncnc2c1C. The zero-order chi connectivity index (χ0) is 25.1. The van der Waals surface area contributed by atoms with Crippen LogP contribution in [0.4, 0.5) is 5.13 Å². The Balaban J connectivity index is 1.47. The fourth-order valence-corrected chi connectivity index (χ4v) is 6.75. The normalized spacial score (nSPS) is 17.9. The van der Waals surface area contributed by atoms with Gasteiger partial charge in [0, 0.05) is 55.8 Å². The van der Waals surface area contributed by atoms with Crippen molar-refractivity contribution >= 4 is 42.3 Å². The molecule has 4 aromatic heterocycles. The van der Waals surface area contributed by atoms with Crippen LogP contribution in [0.15, 0.2) is 12.5 Å². The number of nitrogens with one attached hydrogen (secondary N) is 1. The number of fused-ring (bicyclic) bond motifs is 2. The maximum atomic E-state index is 11.6. The van der Waals surface area contributed by atoms with Gasteiger partial charge in [-0.05, 0) is 37.8 Å². The van der Waals surface area contributed by atoms with E-state index >= 15 is 0 Å². The predicted molar refractivity (Wildman–Crippen MR) is 142 cm³/mol. The quantitative estimate of drug-likeness (QED) is 0.419. The van der Waals surface area contributed by atoms with E-state index in [1.807, 2.05) is 4.52 Å². The van der Waals surface area contributed by atoms with Crippen LogP contribution in [0.2, 0.25) is 0 Å². The first-order chi connectivity index (χ1) is 16.5. The van der Waals surface area contributed by atoms with Gasteiger partial charge in [0.1, 0.15) is 26.5 Å². The Kier molecular flexibility index (Phi) is 6.13. The smallest absolute Gasteiger partial charge is 0.188 e. The van der Waals surface area contributed by atoms with Crippen molar-refractivity contribution in [1.82, 2.24) is 29.5 Å². The number of thiazole rings is 1. The minimum Gasteiger partial charge on any atom is -0.344 e. The standard InChI is InChI=1S/C24H33N7O2S2/c1-14(2)19-20(18-12-31-22(25-13-26-31)17(5)16(18)4)27-23-21(19)28-24(34-23)30-8-7-29(11-15(30)3)9-10-35(6,32)33/h12-15,27H,7-11H2,1-6H3. The highest BCUT2D eigenvalue weighted by Gasteiger charge is 2.29. The molecule has 1 saturated heterocycles. The molecule has 1 fully saturated rings. The highest BCUT2D eigenvalue weighted by molar-refractivity contribution is 7.90. The summed E-state index contributed by atoms with van der Waals surface area (Å²) < 4.78 is 25.0. The second-order valence-corrected chi connectivity index (χ2v) is 13.3. The third-order valence-corrected chi connectivity index (χ3v) is 9.02. The van der Waals surface area contributed by atoms with Crippen molar-refractivity contribution in [3.8, 4) is 11.3 Å². The molecule has 1 atom stereocenters. The number of aryl methyl sites for hydroxylation is 1. The van der Waals surface area contributed by atoms with Crippen LogP contribution in [0.3, 0.4) is 0 Å². The molecule has 0 aliphatic carbocycles. The van der Waals surface area contributed by atoms with Crippen molar-refractivity contribution in [3.05, 3.63) is 29.2 Å². The summed E-state index contributed by atoms with van der Waals surface area (Å²) in [5, 5.41) is 5.40. The van der Waals surface area contributed by atoms with Gasteiger partial charge in [-0.3, -0.25) is 4.90 Å². The van der Waals surface area contributed by atoms with Crippen LogP contribution >= 0.6 is 11.3 Å². The minimum atomic E-state index is -2.95. The third-order valence-electron chi connectivity index (χ3n) is 7.09. The average Bonchev–Trinajstić information content (AvgIpc) is 3.48. The number of hydrogen-bond acceptors (Lipinski definition) is 8. The molecular formula is C24H33N7O2S2. The zero-order valence-electron chi connectivity index (χ0n) is 21.2. The molecule has 1 aliphatic rings. The van der Waals surface area contributed by atoms with E-state index in [-0.39, 0.29) is 11.8 Å². The maximum Gasteiger partial charge on any atom is 0.188 e. The van der Waals surface area contributed by atoms with Crippen molar-refractivity contribution in [2.24, 2.45) is 0 Å². The lowest BCUT2D eigenvalue weighted by Gasteiger charge is -2.39. The molecule has 0 spiro atoms. The molecule has 5 rings (SSSR count). The van der Waals surface area contributed by atoms with E-state index in [1.54, 1.807) is 17.7 Å². The molecule has 5 heterocycles. The number of aromatic amines is 1. The number of sulfone groups is 1. The first-order valence-electron chi connectivity index (χ1n) is 12.0. The largest absolute Gasteiger partial charge is 0.344 e. The van der Waals surface area contributed by atoms with E-state index < -0.39 is 9.84 Å². The Morgan fingerprint density at radius 1 is 1.23 bits per heavy atom. The van der Waals surface area contributed by atoms with Gasteiger partial charge in [0.05, 0.1) is 11.4 Å². The molecule has 1 N–H and O–H groups in total. The van der Waals surface area contributed by atoms with Crippen LogP contribution < -0.4 is 4.90 Å². The molecule has 9 nitrogen and oxygen atoms in total. The lowest BCUT2D eigenvalue weighted by Crippen LogP contribution is -2.52. The van der Waals surface area contributed by atoms with Crippen LogP contribution in [0, 0.1) is 13.8 Å². The Morgan fingerprint density at radius 2 is 2.00 bits per heavy atom. The number of aromatic nitrogens is 5. The van der Waals surface area contributed by atoms with Crippen molar-refractivity contribution in [1.29, 1.82) is 0 Å². The van der Waals surface area contributed by atoms with Gasteiger partial charge in [-0.1, -0.05) is 25.2 Å². The highest BCUT2D eigenvalue weighted by Crippen LogP contribution is 2.41. The molecule has 0 aromatic carbocycles. The van der Waals surface area contributed by atoms with Crippen LogP contribution in [0.25, 0.3) is 27.3 Å². The predicted octanol–water partition coefficient (Wildman–Crippen LogP) is 3.63. The molecule has 0 saturated carbocycles. The van der Waals surface area contributed by atoms with Gasteiger partial charge < -0.3 is 9.88 Å². The number of pyridine rings is 1. The second-order valence-electron chi connectivity index (χ2n) is 10.0. The summed E-state index contributed by atoms with van der Waals surface area (Å²) in [7, 11) is -2.95. The highest BCUT2D eigenvalue weighted by atomic mass is 32.2. The molecule has 1 aliphatic heterocycles. The maximum absolute atomic E-state index is 11.6. The zero-order valence-corrected chi connectivity index (χ0v) is 22.8. The number of H-pyrrole nitrogens is 1. The van der Waals surface area contributed by atoms with Crippen molar-refractivity contribution in [3.63, 3.8) is 0 Å². The molecule has 188 valence electrons. The van der Waals surface area contributed by atoms with Crippen LogP contribution in [-0.4, -0.2) is 82.1 Å². The number of anilines is 1. The molecule has 4 aromatic rings. The molecule has 0 radical (unpaired) electrons. The van der Waals surface area contributed by atoms with Crippen LogP contribution in [-0.2, 0) is 9.84 Å². The van der Waals surface area contributed by atoms with Crippen molar-refractivity contribution in [2.45, 2.75) is 46.6 Å². The Morgan fingerprint density at radius 3 is 2.69 bits per heavy atom. The third kappa shape index (κ3) is 4.45. The van der Waals surface area contributed by atoms with Gasteiger partial charge >= 0.3 is 0 Å². The van der Waals surface area contributed by atoms with Crippen LogP contribution in [0.1, 0.15) is 43.4 Å². The summed E-state index contributed by atoms with van der Waals surface area (Å²) in [5.74, 6) is 0.505. The minimum absolute atomic E-state index is 0.208. The van der Waals surface area contributed by atoms with Gasteiger partial charge in [0.15, 0.2) is 10.8 Å². The van der Waals surface area contributed by atoms with Crippen molar-refractivity contribution in [2.75, 3.05) is 43.1 Å². The molecule has 1 unspecified atom stereocenters. The van der Waals surface area contributed by atoms with Gasteiger partial charge in [0.25, 0.3) is 0 Å². The van der Waals surface area contributed by atoms with Gasteiger partial charge in [0.2, 0.25) is 0 Å². The van der Waals surface area contributed by atoms with E-state index in [1.165, 1.54) is 17.4 Å². The average molecular weight is 516 g/mol. The Labute approximate surface area is 210 Å². The lowest BCUT2D eigenvalue weighted by molar-refractivity contribution is 0.240. The van der Waals surface area contributed by atoms with E-state index in [9.17, 15) is 8.42 Å². The topological polar surface area (TPSA) is 99.5 Å². The Bertz CT molecular complexity index is 1500. The van der Waals surface area contributed by atoms with Gasteiger partial charge in [-0.2, -0.15) is 5.10 Å². The number of rotatable bonds is 6. The van der Waals surface area contributed by atoms with Crippen LogP contribution in [0.5, 0.6) is 0 Å². The number of piperazine rings is 1. The van der Waals surface area contributed by atoms with E-state index in [4.69, 9.17) is 4.98 Å². The molecule has 0 bridgehead atoms. The fraction of sp³-hybridized carbons (Fsp3) is 0.542. The van der Waals surface area contributed by atoms with Gasteiger partial charge in [-0.15, -0.1) is 0 Å². The molecule has 35 heavy (non-hydrogen) atoms. The molecule has 11 heteroatoms. The monoisotopic (exact) mass is 515 g/mol. The summed E-state index contributed by atoms with van der Waals surface area (Å²) in [4.78, 5) is 18.9.